The Labute approximate surface area is 154 Å². The molecule has 0 saturated heterocycles. The highest BCUT2D eigenvalue weighted by Crippen LogP contribution is 2.36. The molecule has 2 aromatic rings. The molecular formula is C16H20ClF3N6. The molecule has 142 valence electrons. The lowest BCUT2D eigenvalue weighted by Gasteiger charge is -2.15. The molecule has 0 spiro atoms. The van der Waals surface area contributed by atoms with Gasteiger partial charge < -0.3 is 16.0 Å². The molecule has 0 aliphatic rings. The van der Waals surface area contributed by atoms with Crippen molar-refractivity contribution in [3.8, 4) is 0 Å². The Hall–Kier alpha value is -2.29. The molecule has 2 rings (SSSR count). The third-order valence-corrected chi connectivity index (χ3v) is 3.33. The Bertz CT molecular complexity index is 736. The second-order valence-corrected chi connectivity index (χ2v) is 6.63. The van der Waals surface area contributed by atoms with Gasteiger partial charge in [-0.25, -0.2) is 0 Å². The van der Waals surface area contributed by atoms with Crippen LogP contribution in [0.15, 0.2) is 18.2 Å². The van der Waals surface area contributed by atoms with Crippen molar-refractivity contribution in [3.05, 3.63) is 28.8 Å². The van der Waals surface area contributed by atoms with Gasteiger partial charge in [-0.2, -0.15) is 28.1 Å². The second kappa shape index (κ2) is 7.94. The molecule has 1 heterocycles. The van der Waals surface area contributed by atoms with Crippen molar-refractivity contribution in [1.29, 1.82) is 0 Å². The van der Waals surface area contributed by atoms with E-state index in [1.165, 1.54) is 12.1 Å². The van der Waals surface area contributed by atoms with Crippen LogP contribution in [-0.4, -0.2) is 27.0 Å². The Morgan fingerprint density at radius 3 is 1.85 bits per heavy atom. The number of benzene rings is 1. The number of aromatic nitrogens is 3. The van der Waals surface area contributed by atoms with Gasteiger partial charge in [0, 0.05) is 17.8 Å². The fraction of sp³-hybridized carbons (Fsp3) is 0.438. The van der Waals surface area contributed by atoms with E-state index in [-0.39, 0.29) is 28.7 Å². The molecule has 0 saturated carbocycles. The maximum Gasteiger partial charge on any atom is 0.417 e. The van der Waals surface area contributed by atoms with Gasteiger partial charge in [0.2, 0.25) is 17.8 Å². The summed E-state index contributed by atoms with van der Waals surface area (Å²) in [4.78, 5) is 12.6. The molecule has 0 atom stereocenters. The Kier molecular flexibility index (Phi) is 6.12. The molecular weight excluding hydrogens is 369 g/mol. The number of hydrogen-bond acceptors (Lipinski definition) is 6. The van der Waals surface area contributed by atoms with E-state index >= 15 is 0 Å². The predicted molar refractivity (Wildman–Crippen MR) is 97.1 cm³/mol. The van der Waals surface area contributed by atoms with E-state index in [1.807, 2.05) is 27.7 Å². The van der Waals surface area contributed by atoms with Crippen molar-refractivity contribution in [2.45, 2.75) is 46.0 Å². The van der Waals surface area contributed by atoms with Crippen LogP contribution in [-0.2, 0) is 6.18 Å². The normalized spacial score (nSPS) is 11.8. The average molecular weight is 389 g/mol. The summed E-state index contributed by atoms with van der Waals surface area (Å²) in [6.45, 7) is 7.67. The van der Waals surface area contributed by atoms with Gasteiger partial charge in [-0.3, -0.25) is 0 Å². The molecule has 10 heteroatoms. The molecule has 0 unspecified atom stereocenters. The molecule has 1 aromatic carbocycles. The van der Waals surface area contributed by atoms with Crippen molar-refractivity contribution >= 4 is 35.1 Å². The molecule has 0 fully saturated rings. The van der Waals surface area contributed by atoms with E-state index < -0.39 is 11.7 Å². The Morgan fingerprint density at radius 1 is 0.885 bits per heavy atom. The number of hydrogen-bond donors (Lipinski definition) is 3. The summed E-state index contributed by atoms with van der Waals surface area (Å²) < 4.78 is 39.0. The van der Waals surface area contributed by atoms with E-state index in [9.17, 15) is 13.2 Å². The summed E-state index contributed by atoms with van der Waals surface area (Å²) in [6.07, 6.45) is -4.55. The number of rotatable bonds is 6. The summed E-state index contributed by atoms with van der Waals surface area (Å²) in [5, 5.41) is 8.49. The first kappa shape index (κ1) is 20.0. The minimum atomic E-state index is -4.55. The number of alkyl halides is 3. The molecule has 0 amide bonds. The Morgan fingerprint density at radius 2 is 1.38 bits per heavy atom. The predicted octanol–water partition coefficient (Wildman–Crippen LogP) is 4.93. The van der Waals surface area contributed by atoms with E-state index in [2.05, 4.69) is 30.9 Å². The molecule has 0 aliphatic carbocycles. The summed E-state index contributed by atoms with van der Waals surface area (Å²) in [5.41, 5.74) is -0.766. The van der Waals surface area contributed by atoms with Crippen LogP contribution >= 0.6 is 11.6 Å². The standard InChI is InChI=1S/C16H20ClF3N6/c1-8(2)21-13-24-14(22-9(3)4)26-15(25-13)23-10-5-6-12(17)11(7-10)16(18,19)20/h5-9H,1-4H3,(H3,21,22,23,24,25,26). The molecule has 6 nitrogen and oxygen atoms in total. The molecule has 1 aromatic heterocycles. The lowest BCUT2D eigenvalue weighted by molar-refractivity contribution is -0.137. The molecule has 3 N–H and O–H groups in total. The quantitative estimate of drug-likeness (QED) is 0.651. The van der Waals surface area contributed by atoms with Crippen LogP contribution in [0.2, 0.25) is 5.02 Å². The number of anilines is 4. The van der Waals surface area contributed by atoms with Crippen molar-refractivity contribution in [2.75, 3.05) is 16.0 Å². The average Bonchev–Trinajstić information content (AvgIpc) is 2.46. The summed E-state index contributed by atoms with van der Waals surface area (Å²) in [5.74, 6) is 0.734. The van der Waals surface area contributed by atoms with Crippen LogP contribution in [0.4, 0.5) is 36.7 Å². The molecule has 0 aliphatic heterocycles. The minimum absolute atomic E-state index is 0.0736. The van der Waals surface area contributed by atoms with Gasteiger partial charge in [-0.05, 0) is 45.9 Å². The first-order chi connectivity index (χ1) is 12.0. The third-order valence-electron chi connectivity index (χ3n) is 3.00. The van der Waals surface area contributed by atoms with Gasteiger partial charge in [0.15, 0.2) is 0 Å². The Balaban J connectivity index is 2.36. The van der Waals surface area contributed by atoms with Crippen molar-refractivity contribution in [2.24, 2.45) is 0 Å². The first-order valence-corrected chi connectivity index (χ1v) is 8.35. The van der Waals surface area contributed by atoms with Gasteiger partial charge in [0.05, 0.1) is 10.6 Å². The number of halogens is 4. The van der Waals surface area contributed by atoms with E-state index in [1.54, 1.807) is 0 Å². The SMILES string of the molecule is CC(C)Nc1nc(Nc2ccc(Cl)c(C(F)(F)F)c2)nc(NC(C)C)n1. The zero-order valence-electron chi connectivity index (χ0n) is 14.7. The maximum atomic E-state index is 13.0. The third kappa shape index (κ3) is 5.62. The van der Waals surface area contributed by atoms with Gasteiger partial charge in [0.25, 0.3) is 0 Å². The van der Waals surface area contributed by atoms with Gasteiger partial charge in [-0.15, -0.1) is 0 Å². The number of nitrogens with zero attached hydrogens (tertiary/aromatic N) is 3. The highest BCUT2D eigenvalue weighted by molar-refractivity contribution is 6.31. The van der Waals surface area contributed by atoms with E-state index in [4.69, 9.17) is 11.6 Å². The first-order valence-electron chi connectivity index (χ1n) is 7.97. The molecule has 0 radical (unpaired) electrons. The van der Waals surface area contributed by atoms with Gasteiger partial charge >= 0.3 is 6.18 Å². The maximum absolute atomic E-state index is 13.0. The van der Waals surface area contributed by atoms with Gasteiger partial charge in [0.1, 0.15) is 0 Å². The van der Waals surface area contributed by atoms with Crippen molar-refractivity contribution < 1.29 is 13.2 Å². The lowest BCUT2D eigenvalue weighted by Crippen LogP contribution is -2.18. The van der Waals surface area contributed by atoms with Crippen molar-refractivity contribution in [3.63, 3.8) is 0 Å². The van der Waals surface area contributed by atoms with E-state index in [0.29, 0.717) is 11.9 Å². The van der Waals surface area contributed by atoms with Crippen LogP contribution in [0.5, 0.6) is 0 Å². The highest BCUT2D eigenvalue weighted by atomic mass is 35.5. The van der Waals surface area contributed by atoms with Crippen LogP contribution in [0.1, 0.15) is 33.3 Å². The van der Waals surface area contributed by atoms with Crippen LogP contribution in [0.25, 0.3) is 0 Å². The largest absolute Gasteiger partial charge is 0.417 e. The molecule has 0 bridgehead atoms. The summed E-state index contributed by atoms with van der Waals surface area (Å²) >= 11 is 5.64. The van der Waals surface area contributed by atoms with Crippen molar-refractivity contribution in [1.82, 2.24) is 15.0 Å². The highest BCUT2D eigenvalue weighted by Gasteiger charge is 2.33. The fourth-order valence-electron chi connectivity index (χ4n) is 2.03. The van der Waals surface area contributed by atoms with Gasteiger partial charge in [-0.1, -0.05) is 11.6 Å². The zero-order chi connectivity index (χ0) is 19.5. The molecule has 26 heavy (non-hydrogen) atoms. The van der Waals surface area contributed by atoms with E-state index in [0.717, 1.165) is 6.07 Å². The smallest absolute Gasteiger partial charge is 0.352 e. The summed E-state index contributed by atoms with van der Waals surface area (Å²) in [6, 6.07) is 3.66. The van der Waals surface area contributed by atoms with Crippen LogP contribution < -0.4 is 16.0 Å². The summed E-state index contributed by atoms with van der Waals surface area (Å²) in [7, 11) is 0. The van der Waals surface area contributed by atoms with Crippen LogP contribution in [0, 0.1) is 0 Å². The lowest BCUT2D eigenvalue weighted by atomic mass is 10.2. The number of nitrogens with one attached hydrogen (secondary N) is 3. The fourth-order valence-corrected chi connectivity index (χ4v) is 2.25. The topological polar surface area (TPSA) is 74.8 Å². The monoisotopic (exact) mass is 388 g/mol. The zero-order valence-corrected chi connectivity index (χ0v) is 15.5. The minimum Gasteiger partial charge on any atom is -0.352 e. The second-order valence-electron chi connectivity index (χ2n) is 6.22. The van der Waals surface area contributed by atoms with Crippen LogP contribution in [0.3, 0.4) is 0 Å².